The Balaban J connectivity index is 0.000000847. The number of rotatable bonds is 16. The van der Waals surface area contributed by atoms with Gasteiger partial charge < -0.3 is 29.3 Å². The molecule has 0 unspecified atom stereocenters. The summed E-state index contributed by atoms with van der Waals surface area (Å²) in [6.45, 7) is 38.7. The molecule has 2 amide bonds. The zero-order chi connectivity index (χ0) is 42.9. The van der Waals surface area contributed by atoms with E-state index < -0.39 is 22.6 Å². The summed E-state index contributed by atoms with van der Waals surface area (Å²) < 4.78 is 19.5. The summed E-state index contributed by atoms with van der Waals surface area (Å²) >= 11 is 0. The molecule has 10 heteroatoms. The average Bonchev–Trinajstić information content (AvgIpc) is 3.49. The third-order valence-electron chi connectivity index (χ3n) is 15.2. The Morgan fingerprint density at radius 3 is 1.93 bits per heavy atom. The van der Waals surface area contributed by atoms with Gasteiger partial charge in [0.05, 0.1) is 13.2 Å². The highest BCUT2D eigenvalue weighted by atomic mass is 28.4. The van der Waals surface area contributed by atoms with Crippen LogP contribution in [0.3, 0.4) is 0 Å². The number of hydrogen-bond donors (Lipinski definition) is 2. The summed E-state index contributed by atoms with van der Waals surface area (Å²) in [6.07, 6.45) is 15.3. The van der Waals surface area contributed by atoms with E-state index in [1.54, 1.807) is 10.5 Å². The van der Waals surface area contributed by atoms with Gasteiger partial charge in [-0.2, -0.15) is 0 Å². The molecule has 1 aliphatic heterocycles. The van der Waals surface area contributed by atoms with E-state index in [0.717, 1.165) is 32.3 Å². The molecule has 0 aromatic rings. The Bertz CT molecular complexity index is 1340. The largest absolute Gasteiger partial charge is 0.481 e. The number of carbonyl (C=O) groups is 2. The molecule has 0 radical (unpaired) electrons. The van der Waals surface area contributed by atoms with Crippen LogP contribution in [-0.4, -0.2) is 77.7 Å². The fourth-order valence-electron chi connectivity index (χ4n) is 12.5. The van der Waals surface area contributed by atoms with Crippen molar-refractivity contribution in [2.24, 2.45) is 28.9 Å². The maximum Gasteiger partial charge on any atom is 0.314 e. The molecule has 0 aromatic carbocycles. The topological polar surface area (TPSA) is 111 Å². The molecule has 8 nitrogen and oxygen atoms in total. The van der Waals surface area contributed by atoms with Gasteiger partial charge in [-0.25, -0.2) is 4.79 Å². The quantitative estimate of drug-likeness (QED) is 0.150. The van der Waals surface area contributed by atoms with E-state index >= 15 is 0 Å². The maximum atomic E-state index is 11.9. The number of allylic oxidation sites excluding steroid dienone is 4. The monoisotopic (exact) mass is 831 g/mol. The van der Waals surface area contributed by atoms with Crippen molar-refractivity contribution in [2.75, 3.05) is 32.9 Å². The van der Waals surface area contributed by atoms with E-state index in [4.69, 9.17) is 19.3 Å². The third kappa shape index (κ3) is 11.8. The highest BCUT2D eigenvalue weighted by molar-refractivity contribution is 6.78. The van der Waals surface area contributed by atoms with Crippen molar-refractivity contribution in [2.45, 2.75) is 194 Å². The van der Waals surface area contributed by atoms with Crippen LogP contribution in [0, 0.1) is 23.2 Å². The molecular formula is C47H86N2O6Si2. The number of carbonyl (C=O) groups excluding carboxylic acids is 1. The molecule has 328 valence electrons. The van der Waals surface area contributed by atoms with Gasteiger partial charge in [0.1, 0.15) is 0 Å². The highest BCUT2D eigenvalue weighted by Crippen LogP contribution is 2.60. The smallest absolute Gasteiger partial charge is 0.314 e. The van der Waals surface area contributed by atoms with E-state index in [9.17, 15) is 14.7 Å². The molecule has 3 saturated carbocycles. The Labute approximate surface area is 351 Å². The first-order valence-electron chi connectivity index (χ1n) is 22.9. The van der Waals surface area contributed by atoms with Crippen LogP contribution in [0.15, 0.2) is 35.5 Å². The van der Waals surface area contributed by atoms with Crippen LogP contribution < -0.4 is 5.73 Å². The predicted octanol–water partition coefficient (Wildman–Crippen LogP) is 12.4. The van der Waals surface area contributed by atoms with Gasteiger partial charge in [-0.05, 0) is 120 Å². The molecule has 3 aliphatic carbocycles. The fourth-order valence-corrected chi connectivity index (χ4v) is 23.6. The molecule has 0 spiro atoms. The number of carboxylic acid groups (broad SMARTS) is 1. The Morgan fingerprint density at radius 1 is 0.877 bits per heavy atom. The first-order valence-corrected chi connectivity index (χ1v) is 27.2. The number of hydrogen-bond acceptors (Lipinski definition) is 5. The molecule has 5 atom stereocenters. The number of aliphatic carboxylic acids is 1. The number of nitrogens with two attached hydrogens (primary N) is 1. The number of primary amides is 1. The van der Waals surface area contributed by atoms with Gasteiger partial charge in [-0.1, -0.05) is 120 Å². The van der Waals surface area contributed by atoms with Crippen LogP contribution in [0.5, 0.6) is 0 Å². The van der Waals surface area contributed by atoms with Crippen molar-refractivity contribution < 1.29 is 28.3 Å². The second kappa shape index (κ2) is 21.7. The van der Waals surface area contributed by atoms with Gasteiger partial charge in [0.2, 0.25) is 8.32 Å². The molecular weight excluding hydrogens is 745 g/mol. The Hall–Kier alpha value is -1.73. The number of morpholine rings is 1. The predicted molar refractivity (Wildman–Crippen MR) is 243 cm³/mol. The van der Waals surface area contributed by atoms with E-state index in [0.29, 0.717) is 83.4 Å². The molecule has 1 saturated heterocycles. The molecule has 1 heterocycles. The molecule has 3 N–H and O–H groups in total. The van der Waals surface area contributed by atoms with Gasteiger partial charge >= 0.3 is 12.0 Å². The maximum absolute atomic E-state index is 11.9. The summed E-state index contributed by atoms with van der Waals surface area (Å²) in [5.74, 6) is 0.676. The van der Waals surface area contributed by atoms with Crippen molar-refractivity contribution >= 4 is 28.6 Å². The van der Waals surface area contributed by atoms with Crippen molar-refractivity contribution in [3.63, 3.8) is 0 Å². The molecule has 0 bridgehead atoms. The summed E-state index contributed by atoms with van der Waals surface area (Å²) in [6, 6.07) is -0.349. The highest BCUT2D eigenvalue weighted by Gasteiger charge is 2.53. The van der Waals surface area contributed by atoms with Gasteiger partial charge in [-0.15, -0.1) is 0 Å². The van der Waals surface area contributed by atoms with E-state index in [1.165, 1.54) is 43.3 Å². The zero-order valence-corrected chi connectivity index (χ0v) is 40.8. The number of nitrogens with zero attached hydrogens (tertiary/aromatic N) is 1. The number of fused-ring (bicyclic) bond motifs is 1. The molecule has 4 rings (SSSR count). The number of ether oxygens (including phenoxy) is 1. The van der Waals surface area contributed by atoms with Crippen LogP contribution in [-0.2, 0) is 18.4 Å². The minimum absolute atomic E-state index is 0.193. The Kier molecular flexibility index (Phi) is 18.9. The average molecular weight is 831 g/mol. The van der Waals surface area contributed by atoms with Crippen molar-refractivity contribution in [3.8, 4) is 0 Å². The van der Waals surface area contributed by atoms with Crippen molar-refractivity contribution in [3.05, 3.63) is 35.5 Å². The molecule has 0 aromatic heterocycles. The Morgan fingerprint density at radius 2 is 1.44 bits per heavy atom. The summed E-state index contributed by atoms with van der Waals surface area (Å²) in [5, 5.41) is 9.75. The van der Waals surface area contributed by atoms with E-state index in [-0.39, 0.29) is 17.9 Å². The van der Waals surface area contributed by atoms with E-state index in [1.807, 2.05) is 0 Å². The number of urea groups is 1. The summed E-state index contributed by atoms with van der Waals surface area (Å²) in [7, 11) is -3.98. The first-order chi connectivity index (χ1) is 26.6. The van der Waals surface area contributed by atoms with E-state index in [2.05, 4.69) is 109 Å². The zero-order valence-electron chi connectivity index (χ0n) is 38.8. The van der Waals surface area contributed by atoms with Crippen molar-refractivity contribution in [1.82, 2.24) is 4.90 Å². The number of carboxylic acids is 1. The number of amides is 2. The van der Waals surface area contributed by atoms with Crippen LogP contribution in [0.4, 0.5) is 4.79 Å². The SMILES string of the molecule is C=C1CC[C@H](O[Si](C(C)C)(C(C)C)C(C)C)C/C1=C\C=C1CCC[C@]2(C)[C@@H]([C@@H](CCC(=O)O)CO[Si](C(C)C)(C(C)C)C(C)C)CC[C@@H]12.NC(=O)N1CCOCC1. The lowest BCUT2D eigenvalue weighted by Crippen LogP contribution is -2.50. The standard InChI is InChI=1S/C42H76O4Si2.C5H10N2O2/c1-28(2)47(29(3)4,30(5)6)45-27-37(20-24-41(43)44)40-23-22-39-35(16-15-25-42(39,40)14)18-19-36-26-38(21-17-34(36)13)46-48(31(7)8,32(9)10)33(11)12;6-5(8)7-1-3-9-4-2-7/h18-19,28-33,37-40H,13,15-17,20-27H2,1-12,14H3,(H,43,44);1-4H2,(H2,6,8)/b35-18?,36-19+;/t37-,38-,39-,40+,42-;/m0./s1. The van der Waals surface area contributed by atoms with Gasteiger partial charge in [0, 0.05) is 32.2 Å². The fraction of sp³-hybridized carbons (Fsp3) is 0.830. The molecule has 57 heavy (non-hydrogen) atoms. The van der Waals surface area contributed by atoms with Crippen molar-refractivity contribution in [1.29, 1.82) is 0 Å². The lowest BCUT2D eigenvalue weighted by Gasteiger charge is -2.47. The molecule has 4 fully saturated rings. The lowest BCUT2D eigenvalue weighted by molar-refractivity contribution is -0.137. The minimum atomic E-state index is -2.04. The van der Waals surface area contributed by atoms with Crippen LogP contribution in [0.1, 0.15) is 154 Å². The summed E-state index contributed by atoms with van der Waals surface area (Å²) in [5.41, 5.74) is 12.9. The van der Waals surface area contributed by atoms with Crippen LogP contribution in [0.25, 0.3) is 0 Å². The van der Waals surface area contributed by atoms with Crippen LogP contribution >= 0.6 is 0 Å². The second-order valence-corrected chi connectivity index (χ2v) is 31.1. The normalized spacial score (nSPS) is 26.9. The van der Waals surface area contributed by atoms with Gasteiger partial charge in [-0.3, -0.25) is 4.79 Å². The second-order valence-electron chi connectivity index (χ2n) is 20.2. The van der Waals surface area contributed by atoms with Crippen LogP contribution in [0.2, 0.25) is 33.2 Å². The summed E-state index contributed by atoms with van der Waals surface area (Å²) in [4.78, 5) is 23.9. The minimum Gasteiger partial charge on any atom is -0.481 e. The lowest BCUT2D eigenvalue weighted by atomic mass is 9.60. The third-order valence-corrected chi connectivity index (χ3v) is 27.4. The van der Waals surface area contributed by atoms with Gasteiger partial charge in [0.15, 0.2) is 8.32 Å². The van der Waals surface area contributed by atoms with Gasteiger partial charge in [0.25, 0.3) is 0 Å². The first kappa shape index (κ1) is 49.6. The molecule has 4 aliphatic rings.